The van der Waals surface area contributed by atoms with Crippen molar-refractivity contribution in [3.63, 3.8) is 0 Å². The van der Waals surface area contributed by atoms with E-state index in [4.69, 9.17) is 0 Å². The summed E-state index contributed by atoms with van der Waals surface area (Å²) >= 11 is 0. The van der Waals surface area contributed by atoms with Crippen molar-refractivity contribution in [2.75, 3.05) is 6.54 Å². The van der Waals surface area contributed by atoms with Gasteiger partial charge in [0.15, 0.2) is 0 Å². The summed E-state index contributed by atoms with van der Waals surface area (Å²) in [6, 6.07) is 3.60. The fraction of sp³-hybridized carbons (Fsp3) is 0.333. The Bertz CT molecular complexity index is 375. The van der Waals surface area contributed by atoms with Gasteiger partial charge in [0.1, 0.15) is 6.10 Å². The molecule has 1 aromatic carbocycles. The molecule has 4 nitrogen and oxygen atoms in total. The van der Waals surface area contributed by atoms with Crippen LogP contribution in [-0.2, 0) is 6.18 Å². The van der Waals surface area contributed by atoms with E-state index in [1.807, 2.05) is 0 Å². The highest BCUT2D eigenvalue weighted by Crippen LogP contribution is 2.29. The Hall–Kier alpha value is -1.63. The first-order valence-electron chi connectivity index (χ1n) is 4.27. The van der Waals surface area contributed by atoms with Crippen molar-refractivity contribution in [3.05, 3.63) is 45.5 Å². The topological polar surface area (TPSA) is 63.4 Å². The first kappa shape index (κ1) is 12.4. The molecule has 0 bridgehead atoms. The molecule has 1 N–H and O–H groups in total. The van der Waals surface area contributed by atoms with E-state index < -0.39 is 29.3 Å². The molecule has 0 aliphatic rings. The number of nitrogens with zero attached hydrogens (tertiary/aromatic N) is 1. The minimum atomic E-state index is -4.45. The van der Waals surface area contributed by atoms with E-state index in [-0.39, 0.29) is 5.56 Å². The van der Waals surface area contributed by atoms with Crippen LogP contribution in [0.4, 0.5) is 13.2 Å². The van der Waals surface area contributed by atoms with Gasteiger partial charge < -0.3 is 5.11 Å². The molecule has 1 unspecified atom stereocenters. The maximum Gasteiger partial charge on any atom is 0.416 e. The SMILES string of the molecule is O=[N+]([O-])CC(O)c1ccc(C(F)(F)F)cc1. The van der Waals surface area contributed by atoms with Crippen molar-refractivity contribution in [1.82, 2.24) is 0 Å². The summed E-state index contributed by atoms with van der Waals surface area (Å²) in [5.74, 6) is 0. The van der Waals surface area contributed by atoms with Crippen LogP contribution in [-0.4, -0.2) is 16.6 Å². The minimum Gasteiger partial charge on any atom is -0.382 e. The zero-order chi connectivity index (χ0) is 12.3. The lowest BCUT2D eigenvalue weighted by Crippen LogP contribution is -2.12. The van der Waals surface area contributed by atoms with Crippen molar-refractivity contribution >= 4 is 0 Å². The molecule has 0 radical (unpaired) electrons. The zero-order valence-electron chi connectivity index (χ0n) is 7.94. The van der Waals surface area contributed by atoms with Gasteiger partial charge in [-0.15, -0.1) is 0 Å². The molecule has 0 amide bonds. The quantitative estimate of drug-likeness (QED) is 0.643. The van der Waals surface area contributed by atoms with E-state index in [1.54, 1.807) is 0 Å². The van der Waals surface area contributed by atoms with Gasteiger partial charge in [0.2, 0.25) is 6.54 Å². The second kappa shape index (κ2) is 4.48. The van der Waals surface area contributed by atoms with Gasteiger partial charge in [0.25, 0.3) is 0 Å². The van der Waals surface area contributed by atoms with Crippen LogP contribution >= 0.6 is 0 Å². The van der Waals surface area contributed by atoms with E-state index >= 15 is 0 Å². The maximum atomic E-state index is 12.2. The van der Waals surface area contributed by atoms with E-state index in [9.17, 15) is 28.4 Å². The lowest BCUT2D eigenvalue weighted by molar-refractivity contribution is -0.491. The van der Waals surface area contributed by atoms with Gasteiger partial charge in [-0.25, -0.2) is 0 Å². The van der Waals surface area contributed by atoms with Gasteiger partial charge in [-0.2, -0.15) is 13.2 Å². The molecule has 1 rings (SSSR count). The van der Waals surface area contributed by atoms with Crippen LogP contribution in [0.5, 0.6) is 0 Å². The Balaban J connectivity index is 2.83. The first-order chi connectivity index (χ1) is 7.30. The van der Waals surface area contributed by atoms with Gasteiger partial charge in [-0.3, -0.25) is 10.1 Å². The standard InChI is InChI=1S/C9H8F3NO3/c10-9(11,12)7-3-1-6(2-4-7)8(14)5-13(15)16/h1-4,8,14H,5H2. The minimum absolute atomic E-state index is 0.0877. The van der Waals surface area contributed by atoms with Crippen LogP contribution in [0.2, 0.25) is 0 Å². The van der Waals surface area contributed by atoms with Crippen molar-refractivity contribution in [3.8, 4) is 0 Å². The molecule has 0 fully saturated rings. The monoisotopic (exact) mass is 235 g/mol. The lowest BCUT2D eigenvalue weighted by atomic mass is 10.1. The van der Waals surface area contributed by atoms with E-state index in [0.717, 1.165) is 24.3 Å². The Morgan fingerprint density at radius 3 is 2.19 bits per heavy atom. The molecule has 1 aromatic rings. The highest BCUT2D eigenvalue weighted by atomic mass is 19.4. The van der Waals surface area contributed by atoms with Gasteiger partial charge in [0, 0.05) is 4.92 Å². The van der Waals surface area contributed by atoms with E-state index in [1.165, 1.54) is 0 Å². The summed E-state index contributed by atoms with van der Waals surface area (Å²) in [4.78, 5) is 9.34. The highest BCUT2D eigenvalue weighted by molar-refractivity contribution is 5.25. The van der Waals surface area contributed by atoms with Gasteiger partial charge >= 0.3 is 6.18 Å². The summed E-state index contributed by atoms with van der Waals surface area (Å²) in [6.07, 6.45) is -5.84. The molecule has 0 aliphatic carbocycles. The maximum absolute atomic E-state index is 12.2. The summed E-state index contributed by atoms with van der Waals surface area (Å²) in [7, 11) is 0. The molecular weight excluding hydrogens is 227 g/mol. The zero-order valence-corrected chi connectivity index (χ0v) is 7.94. The number of alkyl halides is 3. The fourth-order valence-electron chi connectivity index (χ4n) is 1.14. The number of aliphatic hydroxyl groups excluding tert-OH is 1. The second-order valence-electron chi connectivity index (χ2n) is 3.15. The van der Waals surface area contributed by atoms with Crippen LogP contribution in [0.25, 0.3) is 0 Å². The molecule has 0 aliphatic heterocycles. The smallest absolute Gasteiger partial charge is 0.382 e. The molecular formula is C9H8F3NO3. The average molecular weight is 235 g/mol. The van der Waals surface area contributed by atoms with Gasteiger partial charge in [-0.1, -0.05) is 12.1 Å². The highest BCUT2D eigenvalue weighted by Gasteiger charge is 2.30. The van der Waals surface area contributed by atoms with Crippen molar-refractivity contribution < 1.29 is 23.2 Å². The number of aliphatic hydroxyl groups is 1. The number of halogens is 3. The largest absolute Gasteiger partial charge is 0.416 e. The average Bonchev–Trinajstić information content (AvgIpc) is 2.15. The molecule has 7 heteroatoms. The Kier molecular flexibility index (Phi) is 3.48. The van der Waals surface area contributed by atoms with Crippen LogP contribution in [0.3, 0.4) is 0 Å². The number of hydrogen-bond acceptors (Lipinski definition) is 3. The number of hydrogen-bond donors (Lipinski definition) is 1. The molecule has 0 spiro atoms. The first-order valence-corrected chi connectivity index (χ1v) is 4.27. The molecule has 1 atom stereocenters. The summed E-state index contributed by atoms with van der Waals surface area (Å²) in [6.45, 7) is -0.731. The number of nitro groups is 1. The summed E-state index contributed by atoms with van der Waals surface area (Å²) < 4.78 is 36.5. The molecule has 0 saturated carbocycles. The lowest BCUT2D eigenvalue weighted by Gasteiger charge is -2.09. The van der Waals surface area contributed by atoms with E-state index in [0.29, 0.717) is 0 Å². The van der Waals surface area contributed by atoms with Crippen LogP contribution in [0.1, 0.15) is 17.2 Å². The van der Waals surface area contributed by atoms with Gasteiger partial charge in [0.05, 0.1) is 5.56 Å². The number of rotatable bonds is 3. The number of benzene rings is 1. The summed E-state index contributed by atoms with van der Waals surface area (Å²) in [5, 5.41) is 19.3. The van der Waals surface area contributed by atoms with Crippen LogP contribution in [0, 0.1) is 10.1 Å². The van der Waals surface area contributed by atoms with Crippen molar-refractivity contribution in [2.45, 2.75) is 12.3 Å². The Morgan fingerprint density at radius 2 is 1.81 bits per heavy atom. The molecule has 16 heavy (non-hydrogen) atoms. The van der Waals surface area contributed by atoms with Crippen molar-refractivity contribution in [2.24, 2.45) is 0 Å². The Morgan fingerprint density at radius 1 is 1.31 bits per heavy atom. The molecule has 88 valence electrons. The van der Waals surface area contributed by atoms with Crippen LogP contribution < -0.4 is 0 Å². The third-order valence-electron chi connectivity index (χ3n) is 1.94. The fourth-order valence-corrected chi connectivity index (χ4v) is 1.14. The summed E-state index contributed by atoms with van der Waals surface area (Å²) in [5.41, 5.74) is -0.769. The predicted octanol–water partition coefficient (Wildman–Crippen LogP) is 2.02. The Labute approximate surface area is 88.5 Å². The third kappa shape index (κ3) is 3.20. The molecule has 0 heterocycles. The van der Waals surface area contributed by atoms with Gasteiger partial charge in [-0.05, 0) is 17.7 Å². The molecule has 0 saturated heterocycles. The third-order valence-corrected chi connectivity index (χ3v) is 1.94. The predicted molar refractivity (Wildman–Crippen MR) is 48.3 cm³/mol. The molecule has 0 aromatic heterocycles. The second-order valence-corrected chi connectivity index (χ2v) is 3.15. The van der Waals surface area contributed by atoms with Crippen LogP contribution in [0.15, 0.2) is 24.3 Å². The van der Waals surface area contributed by atoms with Crippen molar-refractivity contribution in [1.29, 1.82) is 0 Å². The van der Waals surface area contributed by atoms with E-state index in [2.05, 4.69) is 0 Å². The normalized spacial score (nSPS) is 13.5.